The van der Waals surface area contributed by atoms with Crippen LogP contribution in [0.3, 0.4) is 0 Å². The summed E-state index contributed by atoms with van der Waals surface area (Å²) >= 11 is 1.69. The lowest BCUT2D eigenvalue weighted by molar-refractivity contribution is -0.139. The Hall–Kier alpha value is -2.18. The van der Waals surface area contributed by atoms with Crippen molar-refractivity contribution in [3.63, 3.8) is 0 Å². The molecule has 0 bridgehead atoms. The first-order valence-electron chi connectivity index (χ1n) is 11.2. The van der Waals surface area contributed by atoms with Gasteiger partial charge in [-0.25, -0.2) is 0 Å². The fourth-order valence-electron chi connectivity index (χ4n) is 4.90. The van der Waals surface area contributed by atoms with Gasteiger partial charge in [-0.05, 0) is 65.6 Å². The van der Waals surface area contributed by atoms with Crippen LogP contribution >= 0.6 is 11.3 Å². The smallest absolute Gasteiger partial charge is 0.230 e. The van der Waals surface area contributed by atoms with Crippen LogP contribution in [0.5, 0.6) is 0 Å². The number of hydrogen-bond acceptors (Lipinski definition) is 4. The summed E-state index contributed by atoms with van der Waals surface area (Å²) in [6.07, 6.45) is 5.03. The number of hydrogen-bond donors (Lipinski definition) is 0. The largest absolute Gasteiger partial charge is 0.378 e. The Morgan fingerprint density at radius 1 is 1.19 bits per heavy atom. The van der Waals surface area contributed by atoms with Crippen LogP contribution in [0.4, 0.5) is 0 Å². The molecule has 2 aliphatic heterocycles. The van der Waals surface area contributed by atoms with E-state index in [1.807, 2.05) is 19.0 Å². The molecule has 2 amide bonds. The number of amides is 2. The van der Waals surface area contributed by atoms with Crippen LogP contribution in [0.25, 0.3) is 11.1 Å². The zero-order valence-electron chi connectivity index (χ0n) is 18.5. The van der Waals surface area contributed by atoms with Gasteiger partial charge in [0.2, 0.25) is 11.8 Å². The fourth-order valence-corrected chi connectivity index (χ4v) is 5.57. The topological polar surface area (TPSA) is 49.9 Å². The molecule has 0 N–H and O–H groups in total. The first-order chi connectivity index (χ1) is 15.0. The first-order valence-corrected chi connectivity index (χ1v) is 12.1. The molecule has 6 heteroatoms. The Morgan fingerprint density at radius 2 is 2.00 bits per heavy atom. The normalized spacial score (nSPS) is 23.3. The van der Waals surface area contributed by atoms with Gasteiger partial charge < -0.3 is 14.5 Å². The number of carbonyl (C=O) groups is 2. The summed E-state index contributed by atoms with van der Waals surface area (Å²) in [5.41, 5.74) is 3.00. The van der Waals surface area contributed by atoms with Gasteiger partial charge in [-0.15, -0.1) is 0 Å². The van der Waals surface area contributed by atoms with Crippen molar-refractivity contribution >= 4 is 23.2 Å². The molecule has 0 radical (unpaired) electrons. The van der Waals surface area contributed by atoms with Gasteiger partial charge in [0.25, 0.3) is 0 Å². The predicted molar refractivity (Wildman–Crippen MR) is 124 cm³/mol. The zero-order valence-corrected chi connectivity index (χ0v) is 19.3. The van der Waals surface area contributed by atoms with Gasteiger partial charge in [-0.2, -0.15) is 11.3 Å². The molecule has 1 aromatic carbocycles. The van der Waals surface area contributed by atoms with Gasteiger partial charge in [-0.1, -0.05) is 24.3 Å². The van der Waals surface area contributed by atoms with Crippen molar-refractivity contribution in [3.8, 4) is 11.1 Å². The molecule has 1 aromatic heterocycles. The summed E-state index contributed by atoms with van der Waals surface area (Å²) in [7, 11) is 3.62. The highest BCUT2D eigenvalue weighted by atomic mass is 32.1. The van der Waals surface area contributed by atoms with Crippen LogP contribution in [0.1, 0.15) is 37.7 Å². The summed E-state index contributed by atoms with van der Waals surface area (Å²) in [5, 5.41) is 4.22. The van der Waals surface area contributed by atoms with Crippen LogP contribution in [-0.2, 0) is 20.7 Å². The number of benzene rings is 1. The highest BCUT2D eigenvalue weighted by molar-refractivity contribution is 7.08. The van der Waals surface area contributed by atoms with Crippen molar-refractivity contribution < 1.29 is 14.3 Å². The lowest BCUT2D eigenvalue weighted by Gasteiger charge is -2.31. The molecule has 2 aromatic rings. The maximum absolute atomic E-state index is 13.2. The Balaban J connectivity index is 1.44. The minimum atomic E-state index is -0.549. The van der Waals surface area contributed by atoms with Crippen LogP contribution in [0.15, 0.2) is 41.1 Å². The second kappa shape index (κ2) is 9.53. The monoisotopic (exact) mass is 440 g/mol. The van der Waals surface area contributed by atoms with Gasteiger partial charge in [0.05, 0.1) is 11.5 Å². The summed E-state index contributed by atoms with van der Waals surface area (Å²) < 4.78 is 5.66. The van der Waals surface area contributed by atoms with Crippen molar-refractivity contribution in [1.29, 1.82) is 0 Å². The number of rotatable bonds is 7. The molecule has 4 rings (SSSR count). The SMILES string of the molecule is CN(C)C(=O)[C@@]1(Cc2ccc(-c3ccsc3)cc2)CCN(C(=O)CC[C@H]2CCCO2)C1. The molecule has 31 heavy (non-hydrogen) atoms. The molecule has 2 aliphatic rings. The van der Waals surface area contributed by atoms with Gasteiger partial charge >= 0.3 is 0 Å². The predicted octanol–water partition coefficient (Wildman–Crippen LogP) is 4.22. The van der Waals surface area contributed by atoms with Gasteiger partial charge in [0.1, 0.15) is 0 Å². The maximum atomic E-state index is 13.2. The van der Waals surface area contributed by atoms with Gasteiger partial charge in [0, 0.05) is 40.2 Å². The minimum absolute atomic E-state index is 0.115. The summed E-state index contributed by atoms with van der Waals surface area (Å²) in [6.45, 7) is 1.96. The van der Waals surface area contributed by atoms with Crippen molar-refractivity contribution in [1.82, 2.24) is 9.80 Å². The molecular weight excluding hydrogens is 408 g/mol. The summed E-state index contributed by atoms with van der Waals surface area (Å²) in [6, 6.07) is 10.6. The third-order valence-corrected chi connectivity index (χ3v) is 7.30. The van der Waals surface area contributed by atoms with Crippen LogP contribution < -0.4 is 0 Å². The van der Waals surface area contributed by atoms with Crippen LogP contribution in [0.2, 0.25) is 0 Å². The highest BCUT2D eigenvalue weighted by Crippen LogP contribution is 2.37. The average Bonchev–Trinajstić information content (AvgIpc) is 3.54. The molecule has 0 spiro atoms. The number of carbonyl (C=O) groups excluding carboxylic acids is 2. The maximum Gasteiger partial charge on any atom is 0.230 e. The number of thiophene rings is 1. The summed E-state index contributed by atoms with van der Waals surface area (Å²) in [5.74, 6) is 0.264. The van der Waals surface area contributed by atoms with Crippen molar-refractivity contribution in [2.24, 2.45) is 5.41 Å². The van der Waals surface area contributed by atoms with Crippen molar-refractivity contribution in [3.05, 3.63) is 46.7 Å². The molecule has 3 heterocycles. The van der Waals surface area contributed by atoms with E-state index in [4.69, 9.17) is 4.74 Å². The molecule has 0 unspecified atom stereocenters. The Bertz CT molecular complexity index is 888. The van der Waals surface area contributed by atoms with E-state index in [-0.39, 0.29) is 17.9 Å². The molecule has 5 nitrogen and oxygen atoms in total. The Labute approximate surface area is 189 Å². The van der Waals surface area contributed by atoms with Gasteiger partial charge in [0.15, 0.2) is 0 Å². The lowest BCUT2D eigenvalue weighted by atomic mass is 9.79. The second-order valence-corrected chi connectivity index (χ2v) is 9.88. The van der Waals surface area contributed by atoms with E-state index in [0.29, 0.717) is 32.4 Å². The van der Waals surface area contributed by atoms with Gasteiger partial charge in [-0.3, -0.25) is 9.59 Å². The molecule has 0 aliphatic carbocycles. The zero-order chi connectivity index (χ0) is 21.8. The van der Waals surface area contributed by atoms with E-state index in [1.165, 1.54) is 11.1 Å². The molecule has 2 atom stereocenters. The lowest BCUT2D eigenvalue weighted by Crippen LogP contribution is -2.44. The average molecular weight is 441 g/mol. The van der Waals surface area contributed by atoms with E-state index in [0.717, 1.165) is 31.4 Å². The number of likely N-dealkylation sites (tertiary alicyclic amines) is 1. The van der Waals surface area contributed by atoms with E-state index in [2.05, 4.69) is 41.1 Å². The first kappa shape index (κ1) is 22.0. The molecule has 2 saturated heterocycles. The Morgan fingerprint density at radius 3 is 2.65 bits per heavy atom. The van der Waals surface area contributed by atoms with E-state index >= 15 is 0 Å². The highest BCUT2D eigenvalue weighted by Gasteiger charge is 2.46. The second-order valence-electron chi connectivity index (χ2n) is 9.10. The third kappa shape index (κ3) is 5.01. The minimum Gasteiger partial charge on any atom is -0.378 e. The third-order valence-electron chi connectivity index (χ3n) is 6.62. The number of nitrogens with zero attached hydrogens (tertiary/aromatic N) is 2. The molecule has 2 fully saturated rings. The van der Waals surface area contributed by atoms with Crippen LogP contribution in [0, 0.1) is 5.41 Å². The Kier molecular flexibility index (Phi) is 6.77. The molecule has 0 saturated carbocycles. The van der Waals surface area contributed by atoms with E-state index in [1.54, 1.807) is 16.2 Å². The summed E-state index contributed by atoms with van der Waals surface area (Å²) in [4.78, 5) is 29.7. The molecule has 166 valence electrons. The van der Waals surface area contributed by atoms with E-state index < -0.39 is 5.41 Å². The number of ether oxygens (including phenoxy) is 1. The van der Waals surface area contributed by atoms with Crippen LogP contribution in [-0.4, -0.2) is 61.5 Å². The molecular formula is C25H32N2O3S. The standard InChI is InChI=1S/C25H32N2O3S/c1-26(2)24(29)25(16-19-5-7-20(8-6-19)21-11-15-31-17-21)12-13-27(18-25)23(28)10-9-22-4-3-14-30-22/h5-8,11,15,17,22H,3-4,9-10,12-14,16,18H2,1-2H3/t22-,25-/m1/s1. The van der Waals surface area contributed by atoms with Crippen molar-refractivity contribution in [2.75, 3.05) is 33.8 Å². The fraction of sp³-hybridized carbons (Fsp3) is 0.520. The quantitative estimate of drug-likeness (QED) is 0.648. The van der Waals surface area contributed by atoms with E-state index in [9.17, 15) is 9.59 Å². The van der Waals surface area contributed by atoms with Crippen molar-refractivity contribution in [2.45, 2.75) is 44.6 Å².